The smallest absolute Gasteiger partial charge is 0.121 e. The first-order valence-electron chi connectivity index (χ1n) is 12.3. The van der Waals surface area contributed by atoms with E-state index < -0.39 is 0 Å². The Morgan fingerprint density at radius 2 is 0.917 bits per heavy atom. The van der Waals surface area contributed by atoms with Gasteiger partial charge < -0.3 is 24.7 Å². The van der Waals surface area contributed by atoms with E-state index in [1.165, 1.54) is 11.1 Å². The highest BCUT2D eigenvalue weighted by molar-refractivity contribution is 5.43. The molecule has 0 aliphatic carbocycles. The molecule has 0 unspecified atom stereocenters. The highest BCUT2D eigenvalue weighted by Gasteiger charge is 2.11. The number of hydrogen-bond acceptors (Lipinski definition) is 4. The van der Waals surface area contributed by atoms with E-state index in [0.29, 0.717) is 17.2 Å². The van der Waals surface area contributed by atoms with Crippen molar-refractivity contribution in [2.24, 2.45) is 0 Å². The van der Waals surface area contributed by atoms with Gasteiger partial charge in [-0.2, -0.15) is 0 Å². The van der Waals surface area contributed by atoms with Gasteiger partial charge in [0, 0.05) is 12.1 Å². The molecular formula is C31H47N2O3+. The maximum absolute atomic E-state index is 9.62. The molecule has 0 saturated carbocycles. The minimum Gasteiger partial charge on any atom is -0.507 e. The molecule has 0 fully saturated rings. The van der Waals surface area contributed by atoms with E-state index in [9.17, 15) is 15.3 Å². The summed E-state index contributed by atoms with van der Waals surface area (Å²) < 4.78 is 0.906. The van der Waals surface area contributed by atoms with E-state index in [1.807, 2.05) is 86.0 Å². The molecule has 3 rings (SSSR count). The van der Waals surface area contributed by atoms with Gasteiger partial charge in [-0.1, -0.05) is 30.3 Å². The standard InChI is InChI=1S/C12H19NO.C11H17NO.C8H10O/c1-9-6-11(8-13(3,4)5)7-10(2)12(9)14;1-8-5-10(7-12(3)4)6-9(2)11(8)13;1-6-4-3-5-7(2)8(6)9/h6-7H,8H2,1-5H3;5-6,13H,7H2,1-4H3;3-5,9H,1-2H3/p+1. The predicted molar refractivity (Wildman–Crippen MR) is 152 cm³/mol. The van der Waals surface area contributed by atoms with Crippen molar-refractivity contribution in [1.29, 1.82) is 0 Å². The van der Waals surface area contributed by atoms with E-state index in [2.05, 4.69) is 38.2 Å². The number of benzene rings is 3. The van der Waals surface area contributed by atoms with E-state index in [4.69, 9.17) is 0 Å². The van der Waals surface area contributed by atoms with Gasteiger partial charge in [-0.15, -0.1) is 0 Å². The SMILES string of the molecule is Cc1cc(CN(C)C)cc(C)c1O.Cc1cc(C[N+](C)(C)C)cc(C)c1O.Cc1cccc(C)c1O. The molecule has 3 aromatic carbocycles. The van der Waals surface area contributed by atoms with Crippen molar-refractivity contribution in [2.45, 2.75) is 54.6 Å². The minimum absolute atomic E-state index is 0.414. The Hall–Kier alpha value is -3.02. The lowest BCUT2D eigenvalue weighted by molar-refractivity contribution is -0.884. The Labute approximate surface area is 218 Å². The number of aryl methyl sites for hydroxylation is 6. The zero-order valence-electron chi connectivity index (χ0n) is 24.2. The first-order chi connectivity index (χ1) is 16.5. The van der Waals surface area contributed by atoms with Crippen LogP contribution in [-0.4, -0.2) is 59.9 Å². The number of para-hydroxylation sites is 1. The molecule has 3 N–H and O–H groups in total. The van der Waals surface area contributed by atoms with Crippen LogP contribution in [0.2, 0.25) is 0 Å². The van der Waals surface area contributed by atoms with Gasteiger partial charge in [0.05, 0.1) is 21.1 Å². The van der Waals surface area contributed by atoms with Crippen LogP contribution >= 0.6 is 0 Å². The molecule has 0 radical (unpaired) electrons. The summed E-state index contributed by atoms with van der Waals surface area (Å²) in [4.78, 5) is 2.12. The van der Waals surface area contributed by atoms with Crippen LogP contribution < -0.4 is 0 Å². The zero-order chi connectivity index (χ0) is 27.8. The number of aromatic hydroxyl groups is 3. The van der Waals surface area contributed by atoms with Crippen molar-refractivity contribution >= 4 is 0 Å². The second-order valence-corrected chi connectivity index (χ2v) is 11.1. The number of quaternary nitrogens is 1. The summed E-state index contributed by atoms with van der Waals surface area (Å²) in [6.07, 6.45) is 0. The highest BCUT2D eigenvalue weighted by atomic mass is 16.3. The lowest BCUT2D eigenvalue weighted by Crippen LogP contribution is -2.33. The van der Waals surface area contributed by atoms with Crippen LogP contribution in [0.1, 0.15) is 44.5 Å². The summed E-state index contributed by atoms with van der Waals surface area (Å²) in [5.41, 5.74) is 8.25. The summed E-state index contributed by atoms with van der Waals surface area (Å²) in [5.74, 6) is 1.26. The molecule has 0 bridgehead atoms. The van der Waals surface area contributed by atoms with Gasteiger partial charge in [-0.3, -0.25) is 0 Å². The van der Waals surface area contributed by atoms with Gasteiger partial charge in [0.2, 0.25) is 0 Å². The van der Waals surface area contributed by atoms with Crippen molar-refractivity contribution in [3.8, 4) is 17.2 Å². The molecule has 198 valence electrons. The summed E-state index contributed by atoms with van der Waals surface area (Å²) in [7, 11) is 10.6. The largest absolute Gasteiger partial charge is 0.507 e. The molecule has 0 aliphatic rings. The summed E-state index contributed by atoms with van der Waals surface area (Å²) in [5, 5.41) is 28.4. The van der Waals surface area contributed by atoms with Gasteiger partial charge in [-0.05, 0) is 107 Å². The molecule has 3 aromatic rings. The van der Waals surface area contributed by atoms with Crippen LogP contribution in [0, 0.1) is 41.5 Å². The van der Waals surface area contributed by atoms with Gasteiger partial charge in [0.1, 0.15) is 23.8 Å². The van der Waals surface area contributed by atoms with Gasteiger partial charge in [-0.25, -0.2) is 0 Å². The molecular weight excluding hydrogens is 448 g/mol. The third-order valence-electron chi connectivity index (χ3n) is 5.70. The van der Waals surface area contributed by atoms with E-state index in [-0.39, 0.29) is 0 Å². The second-order valence-electron chi connectivity index (χ2n) is 11.1. The predicted octanol–water partition coefficient (Wildman–Crippen LogP) is 6.29. The van der Waals surface area contributed by atoms with Crippen LogP contribution in [0.4, 0.5) is 0 Å². The summed E-state index contributed by atoms with van der Waals surface area (Å²) in [6.45, 7) is 13.4. The number of phenols is 3. The third kappa shape index (κ3) is 10.3. The van der Waals surface area contributed by atoms with Crippen molar-refractivity contribution in [1.82, 2.24) is 4.90 Å². The Morgan fingerprint density at radius 1 is 0.583 bits per heavy atom. The van der Waals surface area contributed by atoms with Gasteiger partial charge in [0.25, 0.3) is 0 Å². The van der Waals surface area contributed by atoms with Crippen molar-refractivity contribution < 1.29 is 19.8 Å². The maximum Gasteiger partial charge on any atom is 0.121 e. The first kappa shape index (κ1) is 31.0. The molecule has 0 aromatic heterocycles. The van der Waals surface area contributed by atoms with Crippen LogP contribution in [0.15, 0.2) is 42.5 Å². The second kappa shape index (κ2) is 13.3. The average molecular weight is 496 g/mol. The van der Waals surface area contributed by atoms with Crippen LogP contribution in [-0.2, 0) is 13.1 Å². The molecule has 0 spiro atoms. The minimum atomic E-state index is 0.414. The Balaban J connectivity index is 0.000000276. The zero-order valence-corrected chi connectivity index (χ0v) is 24.2. The van der Waals surface area contributed by atoms with E-state index >= 15 is 0 Å². The molecule has 5 nitrogen and oxygen atoms in total. The van der Waals surface area contributed by atoms with Crippen LogP contribution in [0.5, 0.6) is 17.2 Å². The van der Waals surface area contributed by atoms with Crippen LogP contribution in [0.3, 0.4) is 0 Å². The number of rotatable bonds is 4. The molecule has 0 saturated heterocycles. The quantitative estimate of drug-likeness (QED) is 0.372. The molecule has 5 heteroatoms. The first-order valence-corrected chi connectivity index (χ1v) is 12.3. The summed E-state index contributed by atoms with van der Waals surface area (Å²) >= 11 is 0. The fraction of sp³-hybridized carbons (Fsp3) is 0.419. The van der Waals surface area contributed by atoms with Crippen LogP contribution in [0.25, 0.3) is 0 Å². The number of nitrogens with zero attached hydrogens (tertiary/aromatic N) is 2. The summed E-state index contributed by atoms with van der Waals surface area (Å²) in [6, 6.07) is 13.9. The Morgan fingerprint density at radius 3 is 1.22 bits per heavy atom. The van der Waals surface area contributed by atoms with Gasteiger partial charge in [0.15, 0.2) is 0 Å². The van der Waals surface area contributed by atoms with Crippen molar-refractivity contribution in [2.75, 3.05) is 35.2 Å². The third-order valence-corrected chi connectivity index (χ3v) is 5.70. The van der Waals surface area contributed by atoms with Gasteiger partial charge >= 0.3 is 0 Å². The molecule has 0 amide bonds. The molecule has 0 atom stereocenters. The normalized spacial score (nSPS) is 10.9. The number of phenolic OH excluding ortho intramolecular Hbond substituents is 3. The number of hydrogen-bond donors (Lipinski definition) is 3. The lowest BCUT2D eigenvalue weighted by Gasteiger charge is -2.24. The lowest BCUT2D eigenvalue weighted by atomic mass is 10.1. The van der Waals surface area contributed by atoms with Crippen molar-refractivity contribution in [3.05, 3.63) is 87.0 Å². The molecule has 0 heterocycles. The Bertz CT molecular complexity index is 1080. The molecule has 0 aliphatic heterocycles. The van der Waals surface area contributed by atoms with E-state index in [1.54, 1.807) is 0 Å². The highest BCUT2D eigenvalue weighted by Crippen LogP contribution is 2.24. The topological polar surface area (TPSA) is 63.9 Å². The fourth-order valence-electron chi connectivity index (χ4n) is 3.99. The van der Waals surface area contributed by atoms with E-state index in [0.717, 1.165) is 51.0 Å². The Kier molecular flexibility index (Phi) is 11.5. The average Bonchev–Trinajstić information content (AvgIpc) is 2.73. The maximum atomic E-state index is 9.62. The van der Waals surface area contributed by atoms with Crippen molar-refractivity contribution in [3.63, 3.8) is 0 Å². The fourth-order valence-corrected chi connectivity index (χ4v) is 3.99. The molecule has 36 heavy (non-hydrogen) atoms. The monoisotopic (exact) mass is 495 g/mol.